The second-order valence-corrected chi connectivity index (χ2v) is 4.38. The standard InChI is InChI=1S/C13H18ClNO3/c1-10(13(17)15-7-2-3-8-16)18-12-6-4-5-11(14)9-12/h4-6,9-10,16H,2-3,7-8H2,1H3,(H,15,17). The van der Waals surface area contributed by atoms with Crippen molar-refractivity contribution in [2.24, 2.45) is 0 Å². The molecule has 1 atom stereocenters. The predicted octanol–water partition coefficient (Wildman–Crippen LogP) is 2.00. The Morgan fingerprint density at radius 2 is 2.28 bits per heavy atom. The van der Waals surface area contributed by atoms with Gasteiger partial charge < -0.3 is 15.2 Å². The Hall–Kier alpha value is -1.26. The first-order valence-corrected chi connectivity index (χ1v) is 6.32. The molecule has 0 bridgehead atoms. The maximum Gasteiger partial charge on any atom is 0.260 e. The summed E-state index contributed by atoms with van der Waals surface area (Å²) >= 11 is 5.82. The molecule has 0 aliphatic heterocycles. The second-order valence-electron chi connectivity index (χ2n) is 3.94. The van der Waals surface area contributed by atoms with Crippen molar-refractivity contribution >= 4 is 17.5 Å². The van der Waals surface area contributed by atoms with Gasteiger partial charge in [-0.1, -0.05) is 17.7 Å². The van der Waals surface area contributed by atoms with Crippen molar-refractivity contribution in [1.82, 2.24) is 5.32 Å². The highest BCUT2D eigenvalue weighted by atomic mass is 35.5. The number of unbranched alkanes of at least 4 members (excludes halogenated alkanes) is 1. The van der Waals surface area contributed by atoms with Gasteiger partial charge in [-0.2, -0.15) is 0 Å². The van der Waals surface area contributed by atoms with Crippen LogP contribution in [0.1, 0.15) is 19.8 Å². The highest BCUT2D eigenvalue weighted by Gasteiger charge is 2.13. The number of halogens is 1. The predicted molar refractivity (Wildman–Crippen MR) is 70.9 cm³/mol. The molecule has 1 rings (SSSR count). The summed E-state index contributed by atoms with van der Waals surface area (Å²) in [6.07, 6.45) is 0.869. The fraction of sp³-hybridized carbons (Fsp3) is 0.462. The number of benzene rings is 1. The van der Waals surface area contributed by atoms with Gasteiger partial charge in [0.1, 0.15) is 5.75 Å². The van der Waals surface area contributed by atoms with Crippen LogP contribution in [-0.4, -0.2) is 30.3 Å². The Balaban J connectivity index is 2.35. The van der Waals surface area contributed by atoms with E-state index in [4.69, 9.17) is 21.4 Å². The molecule has 0 spiro atoms. The summed E-state index contributed by atoms with van der Waals surface area (Å²) in [5, 5.41) is 11.9. The van der Waals surface area contributed by atoms with Crippen LogP contribution >= 0.6 is 11.6 Å². The first kappa shape index (κ1) is 14.8. The average molecular weight is 272 g/mol. The van der Waals surface area contributed by atoms with Gasteiger partial charge in [0.25, 0.3) is 5.91 Å². The largest absolute Gasteiger partial charge is 0.481 e. The van der Waals surface area contributed by atoms with Crippen molar-refractivity contribution in [2.75, 3.05) is 13.2 Å². The molecular formula is C13H18ClNO3. The van der Waals surface area contributed by atoms with Crippen molar-refractivity contribution in [3.8, 4) is 5.75 Å². The molecule has 0 saturated heterocycles. The first-order valence-electron chi connectivity index (χ1n) is 5.94. The zero-order chi connectivity index (χ0) is 13.4. The van der Waals surface area contributed by atoms with Crippen molar-refractivity contribution < 1.29 is 14.6 Å². The number of aliphatic hydroxyl groups is 1. The Morgan fingerprint density at radius 1 is 1.50 bits per heavy atom. The van der Waals surface area contributed by atoms with Gasteiger partial charge in [0.15, 0.2) is 6.10 Å². The normalized spacial score (nSPS) is 11.9. The minimum Gasteiger partial charge on any atom is -0.481 e. The van der Waals surface area contributed by atoms with Gasteiger partial charge in [-0.25, -0.2) is 0 Å². The lowest BCUT2D eigenvalue weighted by Crippen LogP contribution is -2.36. The lowest BCUT2D eigenvalue weighted by atomic mass is 10.3. The van der Waals surface area contributed by atoms with Crippen LogP contribution in [0.4, 0.5) is 0 Å². The number of rotatable bonds is 7. The average Bonchev–Trinajstić information content (AvgIpc) is 2.34. The van der Waals surface area contributed by atoms with Crippen molar-refractivity contribution in [2.45, 2.75) is 25.9 Å². The number of amides is 1. The topological polar surface area (TPSA) is 58.6 Å². The fourth-order valence-corrected chi connectivity index (χ4v) is 1.57. The minimum atomic E-state index is -0.572. The minimum absolute atomic E-state index is 0.143. The third kappa shape index (κ3) is 5.38. The lowest BCUT2D eigenvalue weighted by Gasteiger charge is -2.14. The Morgan fingerprint density at radius 3 is 2.94 bits per heavy atom. The number of ether oxygens (including phenoxy) is 1. The monoisotopic (exact) mass is 271 g/mol. The molecule has 1 aromatic rings. The molecule has 18 heavy (non-hydrogen) atoms. The van der Waals surface area contributed by atoms with Crippen LogP contribution in [0.3, 0.4) is 0 Å². The zero-order valence-corrected chi connectivity index (χ0v) is 11.1. The van der Waals surface area contributed by atoms with Crippen molar-refractivity contribution in [1.29, 1.82) is 0 Å². The lowest BCUT2D eigenvalue weighted by molar-refractivity contribution is -0.127. The highest BCUT2D eigenvalue weighted by molar-refractivity contribution is 6.30. The number of hydrogen-bond acceptors (Lipinski definition) is 3. The maximum atomic E-state index is 11.7. The molecule has 0 radical (unpaired) electrons. The van der Waals surface area contributed by atoms with Crippen LogP contribution < -0.4 is 10.1 Å². The molecule has 100 valence electrons. The van der Waals surface area contributed by atoms with E-state index in [-0.39, 0.29) is 12.5 Å². The van der Waals surface area contributed by atoms with Gasteiger partial charge in [-0.05, 0) is 38.0 Å². The van der Waals surface area contributed by atoms with E-state index in [9.17, 15) is 4.79 Å². The molecule has 1 unspecified atom stereocenters. The number of carbonyl (C=O) groups excluding carboxylic acids is 1. The molecular weight excluding hydrogens is 254 g/mol. The molecule has 1 aromatic carbocycles. The zero-order valence-electron chi connectivity index (χ0n) is 10.4. The van der Waals surface area contributed by atoms with Crippen LogP contribution in [0.2, 0.25) is 5.02 Å². The van der Waals surface area contributed by atoms with Gasteiger partial charge in [0.05, 0.1) is 0 Å². The van der Waals surface area contributed by atoms with Crippen molar-refractivity contribution in [3.05, 3.63) is 29.3 Å². The Kier molecular flexibility index (Phi) is 6.54. The van der Waals surface area contributed by atoms with Gasteiger partial charge in [0.2, 0.25) is 0 Å². The molecule has 0 heterocycles. The molecule has 1 amide bonds. The SMILES string of the molecule is CC(Oc1cccc(Cl)c1)C(=O)NCCCCO. The van der Waals surface area contributed by atoms with E-state index in [2.05, 4.69) is 5.32 Å². The van der Waals surface area contributed by atoms with E-state index < -0.39 is 6.10 Å². The third-order valence-electron chi connectivity index (χ3n) is 2.36. The number of aliphatic hydroxyl groups excluding tert-OH is 1. The van der Waals surface area contributed by atoms with E-state index in [1.165, 1.54) is 0 Å². The summed E-state index contributed by atoms with van der Waals surface area (Å²) in [5.74, 6) is 0.397. The quantitative estimate of drug-likeness (QED) is 0.746. The van der Waals surface area contributed by atoms with E-state index in [0.29, 0.717) is 23.7 Å². The second kappa shape index (κ2) is 7.95. The summed E-state index contributed by atoms with van der Waals surface area (Å²) < 4.78 is 5.47. The first-order chi connectivity index (χ1) is 8.63. The van der Waals surface area contributed by atoms with Gasteiger partial charge >= 0.3 is 0 Å². The van der Waals surface area contributed by atoms with Gasteiger partial charge in [0, 0.05) is 18.2 Å². The molecule has 0 fully saturated rings. The summed E-state index contributed by atoms with van der Waals surface area (Å²) in [5.41, 5.74) is 0. The summed E-state index contributed by atoms with van der Waals surface area (Å²) in [6.45, 7) is 2.37. The van der Waals surface area contributed by atoms with Crippen molar-refractivity contribution in [3.63, 3.8) is 0 Å². The Bertz CT molecular complexity index is 384. The van der Waals surface area contributed by atoms with E-state index in [0.717, 1.165) is 6.42 Å². The van der Waals surface area contributed by atoms with Crippen LogP contribution in [0.25, 0.3) is 0 Å². The van der Waals surface area contributed by atoms with Crippen LogP contribution in [-0.2, 0) is 4.79 Å². The number of hydrogen-bond donors (Lipinski definition) is 2. The van der Waals surface area contributed by atoms with Gasteiger partial charge in [-0.3, -0.25) is 4.79 Å². The van der Waals surface area contributed by atoms with Crippen LogP contribution in [0, 0.1) is 0 Å². The number of nitrogens with one attached hydrogen (secondary N) is 1. The molecule has 4 nitrogen and oxygen atoms in total. The van der Waals surface area contributed by atoms with Crippen LogP contribution in [0.15, 0.2) is 24.3 Å². The smallest absolute Gasteiger partial charge is 0.260 e. The molecule has 5 heteroatoms. The van der Waals surface area contributed by atoms with E-state index >= 15 is 0 Å². The maximum absolute atomic E-state index is 11.7. The highest BCUT2D eigenvalue weighted by Crippen LogP contribution is 2.18. The summed E-state index contributed by atoms with van der Waals surface area (Å²) in [4.78, 5) is 11.7. The third-order valence-corrected chi connectivity index (χ3v) is 2.60. The fourth-order valence-electron chi connectivity index (χ4n) is 1.39. The molecule has 0 aliphatic rings. The molecule has 2 N–H and O–H groups in total. The summed E-state index contributed by atoms with van der Waals surface area (Å²) in [6, 6.07) is 6.93. The molecule has 0 aliphatic carbocycles. The molecule has 0 saturated carbocycles. The number of carbonyl (C=O) groups is 1. The Labute approximate surface area is 112 Å². The van der Waals surface area contributed by atoms with E-state index in [1.807, 2.05) is 0 Å². The van der Waals surface area contributed by atoms with Crippen LogP contribution in [0.5, 0.6) is 5.75 Å². The van der Waals surface area contributed by atoms with Gasteiger partial charge in [-0.15, -0.1) is 0 Å². The summed E-state index contributed by atoms with van der Waals surface area (Å²) in [7, 11) is 0. The molecule has 0 aromatic heterocycles. The van der Waals surface area contributed by atoms with E-state index in [1.54, 1.807) is 31.2 Å².